The lowest BCUT2D eigenvalue weighted by molar-refractivity contribution is 0.0974. The third kappa shape index (κ3) is 6.36. The van der Waals surface area contributed by atoms with E-state index in [4.69, 9.17) is 19.9 Å². The summed E-state index contributed by atoms with van der Waals surface area (Å²) < 4.78 is 15.9. The number of nitrogens with one attached hydrogen (secondary N) is 2. The minimum absolute atomic E-state index is 0.133. The third-order valence-electron chi connectivity index (χ3n) is 6.05. The van der Waals surface area contributed by atoms with Crippen LogP contribution in [0, 0.1) is 6.92 Å². The van der Waals surface area contributed by atoms with E-state index in [1.54, 1.807) is 42.7 Å². The number of nitrogens with two attached hydrogens (primary N) is 1. The van der Waals surface area contributed by atoms with Crippen LogP contribution in [0.1, 0.15) is 26.3 Å². The van der Waals surface area contributed by atoms with Crippen molar-refractivity contribution in [3.8, 4) is 28.4 Å². The second kappa shape index (κ2) is 12.4. The van der Waals surface area contributed by atoms with E-state index in [-0.39, 0.29) is 17.4 Å². The van der Waals surface area contributed by atoms with Gasteiger partial charge >= 0.3 is 0 Å². The van der Waals surface area contributed by atoms with Crippen LogP contribution in [0.25, 0.3) is 11.1 Å². The highest BCUT2D eigenvalue weighted by Crippen LogP contribution is 2.38. The number of pyridine rings is 1. The highest BCUT2D eigenvalue weighted by atomic mass is 16.5. The van der Waals surface area contributed by atoms with E-state index in [2.05, 4.69) is 20.6 Å². The summed E-state index contributed by atoms with van der Waals surface area (Å²) in [4.78, 5) is 34.1. The molecule has 1 heterocycles. The Morgan fingerprint density at radius 2 is 1.40 bits per heavy atom. The highest BCUT2D eigenvalue weighted by molar-refractivity contribution is 6.07. The Morgan fingerprint density at radius 3 is 2.00 bits per heavy atom. The summed E-state index contributed by atoms with van der Waals surface area (Å²) in [7, 11) is 4.39. The molecule has 0 unspecified atom stereocenters. The van der Waals surface area contributed by atoms with Gasteiger partial charge in [-0.25, -0.2) is 4.99 Å². The standard InChI is InChI=1S/C30H29N5O5/c1-18-5-10-23(33-30(31)35-29(37)22-15-25(38-2)27(40-4)26(16-22)39-3)17-24(18)34-28(36)21-8-6-19(7-9-21)20-11-13-32-14-12-20/h5-17H,1-4H3,(H,34,36)(H3,31,33,35,37). The van der Waals surface area contributed by atoms with E-state index in [9.17, 15) is 9.59 Å². The van der Waals surface area contributed by atoms with Crippen LogP contribution in [-0.2, 0) is 0 Å². The second-order valence-electron chi connectivity index (χ2n) is 8.63. The van der Waals surface area contributed by atoms with E-state index < -0.39 is 5.91 Å². The minimum atomic E-state index is -0.517. The summed E-state index contributed by atoms with van der Waals surface area (Å²) in [6.45, 7) is 1.87. The van der Waals surface area contributed by atoms with Gasteiger partial charge < -0.3 is 25.3 Å². The van der Waals surface area contributed by atoms with Crippen molar-refractivity contribution in [1.82, 2.24) is 10.3 Å². The van der Waals surface area contributed by atoms with Crippen LogP contribution in [-0.4, -0.2) is 44.1 Å². The molecule has 204 valence electrons. The molecule has 0 radical (unpaired) electrons. The molecule has 0 bridgehead atoms. The number of aryl methyl sites for hydroxylation is 1. The molecule has 0 saturated heterocycles. The zero-order valence-electron chi connectivity index (χ0n) is 22.5. The Balaban J connectivity index is 1.47. The SMILES string of the molecule is COc1cc(C(=O)NC(N)=Nc2ccc(C)c(NC(=O)c3ccc(-c4ccncc4)cc3)c2)cc(OC)c1OC. The van der Waals surface area contributed by atoms with E-state index in [1.807, 2.05) is 31.2 Å². The van der Waals surface area contributed by atoms with Gasteiger partial charge in [0, 0.05) is 29.2 Å². The maximum Gasteiger partial charge on any atom is 0.258 e. The summed E-state index contributed by atoms with van der Waals surface area (Å²) >= 11 is 0. The number of hydrogen-bond donors (Lipinski definition) is 3. The van der Waals surface area contributed by atoms with Gasteiger partial charge in [-0.05, 0) is 72.1 Å². The Bertz CT molecular complexity index is 1530. The Kier molecular flexibility index (Phi) is 8.60. The molecule has 0 spiro atoms. The highest BCUT2D eigenvalue weighted by Gasteiger charge is 2.17. The normalized spacial score (nSPS) is 10.9. The monoisotopic (exact) mass is 539 g/mol. The Labute approximate surface area is 231 Å². The lowest BCUT2D eigenvalue weighted by atomic mass is 10.0. The molecular formula is C30H29N5O5. The van der Waals surface area contributed by atoms with Gasteiger partial charge in [-0.1, -0.05) is 18.2 Å². The fourth-order valence-corrected chi connectivity index (χ4v) is 3.93. The van der Waals surface area contributed by atoms with Gasteiger partial charge in [0.05, 0.1) is 27.0 Å². The number of guanidine groups is 1. The molecule has 2 amide bonds. The number of aliphatic imine (C=N–C) groups is 1. The third-order valence-corrected chi connectivity index (χ3v) is 6.05. The molecule has 40 heavy (non-hydrogen) atoms. The first kappa shape index (κ1) is 27.6. The molecule has 0 aliphatic heterocycles. The van der Waals surface area contributed by atoms with E-state index in [1.165, 1.54) is 33.5 Å². The Hall–Kier alpha value is -5.38. The largest absolute Gasteiger partial charge is 0.493 e. The fraction of sp³-hybridized carbons (Fsp3) is 0.133. The van der Waals surface area contributed by atoms with Crippen molar-refractivity contribution in [1.29, 1.82) is 0 Å². The van der Waals surface area contributed by atoms with E-state index >= 15 is 0 Å². The first-order valence-corrected chi connectivity index (χ1v) is 12.2. The molecule has 0 saturated carbocycles. The van der Waals surface area contributed by atoms with Gasteiger partial charge in [-0.3, -0.25) is 19.9 Å². The van der Waals surface area contributed by atoms with Crippen LogP contribution in [0.4, 0.5) is 11.4 Å². The van der Waals surface area contributed by atoms with Gasteiger partial charge in [0.2, 0.25) is 11.7 Å². The fourth-order valence-electron chi connectivity index (χ4n) is 3.93. The lowest BCUT2D eigenvalue weighted by Gasteiger charge is -2.14. The number of carbonyl (C=O) groups is 2. The number of rotatable bonds is 8. The first-order valence-electron chi connectivity index (χ1n) is 12.2. The maximum absolute atomic E-state index is 12.9. The molecule has 3 aromatic carbocycles. The number of ether oxygens (including phenoxy) is 3. The van der Waals surface area contributed by atoms with Crippen molar-refractivity contribution >= 4 is 29.1 Å². The van der Waals surface area contributed by atoms with E-state index in [0.29, 0.717) is 34.2 Å². The summed E-state index contributed by atoms with van der Waals surface area (Å²) in [6.07, 6.45) is 3.44. The molecule has 0 fully saturated rings. The molecule has 4 N–H and O–H groups in total. The summed E-state index contributed by atoms with van der Waals surface area (Å²) in [6, 6.07) is 19.3. The number of methoxy groups -OCH3 is 3. The summed E-state index contributed by atoms with van der Waals surface area (Å²) in [5.41, 5.74) is 10.6. The number of amides is 2. The van der Waals surface area contributed by atoms with Crippen molar-refractivity contribution in [2.45, 2.75) is 6.92 Å². The van der Waals surface area contributed by atoms with Gasteiger partial charge in [0.25, 0.3) is 11.8 Å². The molecule has 10 heteroatoms. The second-order valence-corrected chi connectivity index (χ2v) is 8.63. The molecule has 0 atom stereocenters. The predicted octanol–water partition coefficient (Wildman–Crippen LogP) is 4.71. The van der Waals surface area contributed by atoms with Crippen LogP contribution in [0.15, 0.2) is 84.1 Å². The number of aromatic nitrogens is 1. The number of anilines is 1. The van der Waals surface area contributed by atoms with Crippen LogP contribution < -0.4 is 30.6 Å². The van der Waals surface area contributed by atoms with Gasteiger partial charge in [-0.2, -0.15) is 0 Å². The van der Waals surface area contributed by atoms with Crippen molar-refractivity contribution in [2.24, 2.45) is 10.7 Å². The Morgan fingerprint density at radius 1 is 0.775 bits per heavy atom. The van der Waals surface area contributed by atoms with Crippen molar-refractivity contribution in [3.63, 3.8) is 0 Å². The number of carbonyl (C=O) groups excluding carboxylic acids is 2. The molecule has 0 aliphatic rings. The summed E-state index contributed by atoms with van der Waals surface area (Å²) in [5, 5.41) is 5.47. The molecule has 4 aromatic rings. The van der Waals surface area contributed by atoms with Crippen molar-refractivity contribution in [2.75, 3.05) is 26.6 Å². The average molecular weight is 540 g/mol. The molecule has 0 aliphatic carbocycles. The van der Waals surface area contributed by atoms with Gasteiger partial charge in [0.15, 0.2) is 11.5 Å². The smallest absolute Gasteiger partial charge is 0.258 e. The van der Waals surface area contributed by atoms with Crippen LogP contribution in [0.3, 0.4) is 0 Å². The molecular weight excluding hydrogens is 510 g/mol. The minimum Gasteiger partial charge on any atom is -0.493 e. The quantitative estimate of drug-likeness (QED) is 0.218. The number of benzene rings is 3. The number of nitrogens with zero attached hydrogens (tertiary/aromatic N) is 2. The van der Waals surface area contributed by atoms with Crippen molar-refractivity contribution in [3.05, 3.63) is 95.8 Å². The van der Waals surface area contributed by atoms with Gasteiger partial charge in [0.1, 0.15) is 0 Å². The van der Waals surface area contributed by atoms with E-state index in [0.717, 1.165) is 16.7 Å². The maximum atomic E-state index is 12.9. The van der Waals surface area contributed by atoms with Crippen LogP contribution >= 0.6 is 0 Å². The predicted molar refractivity (Wildman–Crippen MR) is 154 cm³/mol. The topological polar surface area (TPSA) is 137 Å². The summed E-state index contributed by atoms with van der Waals surface area (Å²) in [5.74, 6) is 0.0982. The van der Waals surface area contributed by atoms with Crippen molar-refractivity contribution < 1.29 is 23.8 Å². The van der Waals surface area contributed by atoms with Crippen LogP contribution in [0.5, 0.6) is 17.2 Å². The average Bonchev–Trinajstić information content (AvgIpc) is 2.98. The van der Waals surface area contributed by atoms with Crippen LogP contribution in [0.2, 0.25) is 0 Å². The zero-order chi connectivity index (χ0) is 28.6. The molecule has 4 rings (SSSR count). The zero-order valence-corrected chi connectivity index (χ0v) is 22.5. The van der Waals surface area contributed by atoms with Gasteiger partial charge in [-0.15, -0.1) is 0 Å². The first-order chi connectivity index (χ1) is 19.3. The molecule has 1 aromatic heterocycles. The number of hydrogen-bond acceptors (Lipinski definition) is 7. The lowest BCUT2D eigenvalue weighted by Crippen LogP contribution is -2.36. The molecule has 10 nitrogen and oxygen atoms in total.